The summed E-state index contributed by atoms with van der Waals surface area (Å²) in [5, 5.41) is 8.16. The number of aromatic nitrogens is 3. The van der Waals surface area contributed by atoms with E-state index in [0.29, 0.717) is 22.5 Å². The highest BCUT2D eigenvalue weighted by molar-refractivity contribution is 6.30. The lowest BCUT2D eigenvalue weighted by atomic mass is 9.95. The molecule has 6 nitrogen and oxygen atoms in total. The molecule has 134 valence electrons. The Bertz CT molecular complexity index is 941. The van der Waals surface area contributed by atoms with E-state index in [0.717, 1.165) is 30.8 Å². The zero-order valence-corrected chi connectivity index (χ0v) is 15.4. The summed E-state index contributed by atoms with van der Waals surface area (Å²) in [5.41, 5.74) is 4.30. The number of hydrogen-bond donors (Lipinski definition) is 1. The lowest BCUT2D eigenvalue weighted by Crippen LogP contribution is -2.24. The van der Waals surface area contributed by atoms with Crippen LogP contribution >= 0.6 is 11.6 Å². The van der Waals surface area contributed by atoms with E-state index < -0.39 is 0 Å². The fourth-order valence-corrected chi connectivity index (χ4v) is 3.34. The molecule has 3 aromatic rings. The van der Waals surface area contributed by atoms with Gasteiger partial charge in [0.1, 0.15) is 5.75 Å². The molecule has 4 rings (SSSR count). The molecule has 0 saturated carbocycles. The number of nitrogens with one attached hydrogen (secondary N) is 1. The van der Waals surface area contributed by atoms with Crippen LogP contribution in [0.1, 0.15) is 35.7 Å². The molecule has 7 heteroatoms. The van der Waals surface area contributed by atoms with Gasteiger partial charge >= 0.3 is 0 Å². The first-order chi connectivity index (χ1) is 12.6. The Hall–Kier alpha value is -2.44. The van der Waals surface area contributed by atoms with E-state index in [1.807, 2.05) is 32.2 Å². The van der Waals surface area contributed by atoms with Crippen LogP contribution in [0.2, 0.25) is 5.02 Å². The average Bonchev–Trinajstić information content (AvgIpc) is 3.11. The Balaban J connectivity index is 1.62. The van der Waals surface area contributed by atoms with Gasteiger partial charge in [0.05, 0.1) is 0 Å². The standard InChI is InChI=1S/C19H19ClN4O2/c1-11-17(16-6-7-21-9-13(16)10-22-11)18-23-19(26-24-18)12(2)25-15-5-3-4-14(20)8-15/h3-5,8,10,12,21H,6-7,9H2,1-2H3/t12-/m0/s1. The number of ether oxygens (including phenoxy) is 1. The molecule has 1 aliphatic rings. The highest BCUT2D eigenvalue weighted by atomic mass is 35.5. The molecule has 0 spiro atoms. The third kappa shape index (κ3) is 3.30. The van der Waals surface area contributed by atoms with Crippen LogP contribution in [-0.4, -0.2) is 21.7 Å². The van der Waals surface area contributed by atoms with Crippen molar-refractivity contribution in [2.75, 3.05) is 6.54 Å². The Morgan fingerprint density at radius 2 is 2.23 bits per heavy atom. The second kappa shape index (κ2) is 7.05. The van der Waals surface area contributed by atoms with Crippen molar-refractivity contribution < 1.29 is 9.26 Å². The molecule has 3 heterocycles. The molecule has 0 bridgehead atoms. The van der Waals surface area contributed by atoms with Gasteiger partial charge in [0.2, 0.25) is 5.82 Å². The maximum Gasteiger partial charge on any atom is 0.267 e. The molecule has 0 aliphatic carbocycles. The average molecular weight is 371 g/mol. The molecular formula is C19H19ClN4O2. The number of nitrogens with zero attached hydrogens (tertiary/aromatic N) is 3. The number of fused-ring (bicyclic) bond motifs is 1. The van der Waals surface area contributed by atoms with Crippen molar-refractivity contribution in [2.24, 2.45) is 0 Å². The maximum absolute atomic E-state index is 6.00. The summed E-state index contributed by atoms with van der Waals surface area (Å²) in [6, 6.07) is 7.23. The summed E-state index contributed by atoms with van der Waals surface area (Å²) in [5.74, 6) is 1.64. The topological polar surface area (TPSA) is 73.1 Å². The van der Waals surface area contributed by atoms with Crippen LogP contribution in [0.25, 0.3) is 11.4 Å². The number of benzene rings is 1. The maximum atomic E-state index is 6.00. The van der Waals surface area contributed by atoms with Crippen LogP contribution in [0.15, 0.2) is 35.0 Å². The van der Waals surface area contributed by atoms with E-state index in [2.05, 4.69) is 20.4 Å². The van der Waals surface area contributed by atoms with E-state index in [4.69, 9.17) is 20.9 Å². The molecule has 0 unspecified atom stereocenters. The molecular weight excluding hydrogens is 352 g/mol. The zero-order chi connectivity index (χ0) is 18.1. The van der Waals surface area contributed by atoms with Gasteiger partial charge in [0.15, 0.2) is 6.10 Å². The Kier molecular flexibility index (Phi) is 4.61. The van der Waals surface area contributed by atoms with Crippen molar-refractivity contribution in [1.82, 2.24) is 20.4 Å². The van der Waals surface area contributed by atoms with Crippen molar-refractivity contribution >= 4 is 11.6 Å². The lowest BCUT2D eigenvalue weighted by Gasteiger charge is -2.19. The van der Waals surface area contributed by atoms with Crippen molar-refractivity contribution in [1.29, 1.82) is 0 Å². The molecule has 0 amide bonds. The fourth-order valence-electron chi connectivity index (χ4n) is 3.16. The van der Waals surface area contributed by atoms with Crippen LogP contribution in [0.3, 0.4) is 0 Å². The van der Waals surface area contributed by atoms with Gasteiger partial charge in [0, 0.05) is 29.0 Å². The van der Waals surface area contributed by atoms with Crippen LogP contribution in [0.5, 0.6) is 5.75 Å². The Morgan fingerprint density at radius 3 is 3.08 bits per heavy atom. The van der Waals surface area contributed by atoms with E-state index in [1.54, 1.807) is 12.1 Å². The van der Waals surface area contributed by atoms with Gasteiger partial charge in [0.25, 0.3) is 5.89 Å². The predicted molar refractivity (Wildman–Crippen MR) is 98.2 cm³/mol. The number of rotatable bonds is 4. The van der Waals surface area contributed by atoms with Crippen molar-refractivity contribution in [3.05, 3.63) is 58.2 Å². The summed E-state index contributed by atoms with van der Waals surface area (Å²) in [6.45, 7) is 5.59. The van der Waals surface area contributed by atoms with Crippen molar-refractivity contribution in [3.63, 3.8) is 0 Å². The first kappa shape index (κ1) is 17.0. The van der Waals surface area contributed by atoms with E-state index in [1.165, 1.54) is 11.1 Å². The van der Waals surface area contributed by atoms with Gasteiger partial charge in [-0.3, -0.25) is 4.98 Å². The van der Waals surface area contributed by atoms with E-state index >= 15 is 0 Å². The summed E-state index contributed by atoms with van der Waals surface area (Å²) in [7, 11) is 0. The van der Waals surface area contributed by atoms with Gasteiger partial charge < -0.3 is 14.6 Å². The third-order valence-electron chi connectivity index (χ3n) is 4.45. The van der Waals surface area contributed by atoms with Gasteiger partial charge in [-0.05, 0) is 56.1 Å². The third-order valence-corrected chi connectivity index (χ3v) is 4.69. The summed E-state index contributed by atoms with van der Waals surface area (Å²) >= 11 is 6.00. The molecule has 1 atom stereocenters. The van der Waals surface area contributed by atoms with Crippen molar-refractivity contribution in [3.8, 4) is 17.1 Å². The number of hydrogen-bond acceptors (Lipinski definition) is 6. The molecule has 1 aliphatic heterocycles. The highest BCUT2D eigenvalue weighted by Gasteiger charge is 2.23. The molecule has 2 aromatic heterocycles. The molecule has 26 heavy (non-hydrogen) atoms. The quantitative estimate of drug-likeness (QED) is 0.751. The number of aryl methyl sites for hydroxylation is 1. The summed E-state index contributed by atoms with van der Waals surface area (Å²) in [6.07, 6.45) is 2.46. The van der Waals surface area contributed by atoms with E-state index in [9.17, 15) is 0 Å². The molecule has 0 radical (unpaired) electrons. The minimum absolute atomic E-state index is 0.385. The summed E-state index contributed by atoms with van der Waals surface area (Å²) in [4.78, 5) is 9.06. The van der Waals surface area contributed by atoms with Crippen LogP contribution < -0.4 is 10.1 Å². The molecule has 1 N–H and O–H groups in total. The SMILES string of the molecule is Cc1ncc2c(c1-c1noc([C@H](C)Oc3cccc(Cl)c3)n1)CCNC2. The molecule has 0 fully saturated rings. The normalized spacial score (nSPS) is 14.7. The monoisotopic (exact) mass is 370 g/mol. The Labute approximate surface area is 156 Å². The van der Waals surface area contributed by atoms with E-state index in [-0.39, 0.29) is 6.10 Å². The first-order valence-electron chi connectivity index (χ1n) is 8.56. The predicted octanol–water partition coefficient (Wildman–Crippen LogP) is 3.88. The second-order valence-electron chi connectivity index (χ2n) is 6.32. The molecule has 1 aromatic carbocycles. The van der Waals surface area contributed by atoms with Crippen molar-refractivity contribution in [2.45, 2.75) is 32.9 Å². The minimum atomic E-state index is -0.385. The lowest BCUT2D eigenvalue weighted by molar-refractivity contribution is 0.176. The minimum Gasteiger partial charge on any atom is -0.481 e. The smallest absolute Gasteiger partial charge is 0.267 e. The van der Waals surface area contributed by atoms with Gasteiger partial charge in [-0.25, -0.2) is 0 Å². The van der Waals surface area contributed by atoms with Crippen LogP contribution in [0, 0.1) is 6.92 Å². The van der Waals surface area contributed by atoms with Gasteiger partial charge in [-0.2, -0.15) is 4.98 Å². The summed E-state index contributed by atoms with van der Waals surface area (Å²) < 4.78 is 11.3. The zero-order valence-electron chi connectivity index (χ0n) is 14.6. The number of pyridine rings is 1. The fraction of sp³-hybridized carbons (Fsp3) is 0.316. The number of halogens is 1. The first-order valence-corrected chi connectivity index (χ1v) is 8.94. The van der Waals surface area contributed by atoms with Crippen LogP contribution in [0.4, 0.5) is 0 Å². The van der Waals surface area contributed by atoms with Crippen LogP contribution in [-0.2, 0) is 13.0 Å². The second-order valence-corrected chi connectivity index (χ2v) is 6.76. The van der Waals surface area contributed by atoms with Gasteiger partial charge in [-0.15, -0.1) is 0 Å². The Morgan fingerprint density at radius 1 is 1.35 bits per heavy atom. The largest absolute Gasteiger partial charge is 0.481 e. The highest BCUT2D eigenvalue weighted by Crippen LogP contribution is 2.30. The molecule has 0 saturated heterocycles. The van der Waals surface area contributed by atoms with Gasteiger partial charge in [-0.1, -0.05) is 22.8 Å².